The number of hydrogen-bond acceptors (Lipinski definition) is 3. The van der Waals surface area contributed by atoms with E-state index in [1.807, 2.05) is 0 Å². The summed E-state index contributed by atoms with van der Waals surface area (Å²) in [7, 11) is 0. The Balaban J connectivity index is 2.00. The summed E-state index contributed by atoms with van der Waals surface area (Å²) in [5.74, 6) is -1.05. The molecule has 2 aliphatic carbocycles. The molecule has 21 heavy (non-hydrogen) atoms. The SMILES string of the molecule is O=C(O)C1(Cc2cc(F)ccc2[N+](=O)[O-])CC2CCC1C2. The number of nitro benzene ring substituents is 1. The van der Waals surface area contributed by atoms with Crippen molar-refractivity contribution in [2.45, 2.75) is 32.1 Å². The van der Waals surface area contributed by atoms with Crippen molar-refractivity contribution in [1.29, 1.82) is 0 Å². The Labute approximate surface area is 120 Å². The van der Waals surface area contributed by atoms with E-state index in [4.69, 9.17) is 0 Å². The highest BCUT2D eigenvalue weighted by Gasteiger charge is 2.56. The lowest BCUT2D eigenvalue weighted by atomic mass is 9.69. The van der Waals surface area contributed by atoms with E-state index in [9.17, 15) is 24.4 Å². The molecular weight excluding hydrogens is 277 g/mol. The minimum atomic E-state index is -0.971. The van der Waals surface area contributed by atoms with Crippen LogP contribution in [0.2, 0.25) is 0 Å². The summed E-state index contributed by atoms with van der Waals surface area (Å²) in [5, 5.41) is 20.8. The van der Waals surface area contributed by atoms with Gasteiger partial charge in [0.05, 0.1) is 10.3 Å². The average molecular weight is 293 g/mol. The molecule has 1 aromatic rings. The fourth-order valence-corrected chi connectivity index (χ4v) is 4.21. The molecule has 2 aliphatic rings. The van der Waals surface area contributed by atoms with Crippen molar-refractivity contribution in [2.75, 3.05) is 0 Å². The minimum absolute atomic E-state index is 0.0393. The Kier molecular flexibility index (Phi) is 3.19. The second-order valence-corrected chi connectivity index (χ2v) is 6.25. The van der Waals surface area contributed by atoms with E-state index in [0.717, 1.165) is 37.5 Å². The maximum atomic E-state index is 13.4. The maximum Gasteiger partial charge on any atom is 0.310 e. The fourth-order valence-electron chi connectivity index (χ4n) is 4.21. The van der Waals surface area contributed by atoms with Gasteiger partial charge < -0.3 is 5.11 Å². The minimum Gasteiger partial charge on any atom is -0.481 e. The molecule has 2 fully saturated rings. The number of carboxylic acid groups (broad SMARTS) is 1. The molecule has 0 spiro atoms. The molecule has 5 nitrogen and oxygen atoms in total. The molecule has 0 aromatic heterocycles. The highest BCUT2D eigenvalue weighted by molar-refractivity contribution is 5.76. The fraction of sp³-hybridized carbons (Fsp3) is 0.533. The van der Waals surface area contributed by atoms with Gasteiger partial charge in [-0.05, 0) is 49.7 Å². The number of hydrogen-bond donors (Lipinski definition) is 1. The first-order valence-corrected chi connectivity index (χ1v) is 7.08. The number of halogens is 1. The second-order valence-electron chi connectivity index (χ2n) is 6.25. The molecule has 6 heteroatoms. The van der Waals surface area contributed by atoms with Crippen LogP contribution in [0.5, 0.6) is 0 Å². The maximum absolute atomic E-state index is 13.4. The van der Waals surface area contributed by atoms with Crippen molar-refractivity contribution in [2.24, 2.45) is 17.3 Å². The van der Waals surface area contributed by atoms with E-state index in [0.29, 0.717) is 12.3 Å². The van der Waals surface area contributed by atoms with Crippen LogP contribution in [0.3, 0.4) is 0 Å². The van der Waals surface area contributed by atoms with Crippen LogP contribution in [-0.2, 0) is 11.2 Å². The third kappa shape index (κ3) is 2.18. The lowest BCUT2D eigenvalue weighted by molar-refractivity contribution is -0.385. The van der Waals surface area contributed by atoms with Gasteiger partial charge in [-0.2, -0.15) is 0 Å². The molecule has 0 amide bonds. The van der Waals surface area contributed by atoms with Gasteiger partial charge in [0.1, 0.15) is 5.82 Å². The van der Waals surface area contributed by atoms with Gasteiger partial charge in [0.25, 0.3) is 5.69 Å². The Bertz CT molecular complexity index is 618. The van der Waals surface area contributed by atoms with Crippen LogP contribution in [0.25, 0.3) is 0 Å². The van der Waals surface area contributed by atoms with Crippen molar-refractivity contribution < 1.29 is 19.2 Å². The Morgan fingerprint density at radius 2 is 2.24 bits per heavy atom. The quantitative estimate of drug-likeness (QED) is 0.683. The van der Waals surface area contributed by atoms with Crippen molar-refractivity contribution in [3.63, 3.8) is 0 Å². The van der Waals surface area contributed by atoms with E-state index in [1.165, 1.54) is 0 Å². The number of nitro groups is 1. The normalized spacial score (nSPS) is 30.5. The molecule has 0 heterocycles. The third-order valence-corrected chi connectivity index (χ3v) is 5.15. The number of fused-ring (bicyclic) bond motifs is 2. The standard InChI is InChI=1S/C15H16FNO4/c16-12-3-4-13(17(20)21)10(6-12)8-15(14(18)19)7-9-1-2-11(15)5-9/h3-4,6,9,11H,1-2,5,7-8H2,(H,18,19). The van der Waals surface area contributed by atoms with E-state index >= 15 is 0 Å². The van der Waals surface area contributed by atoms with Crippen molar-refractivity contribution in [3.8, 4) is 0 Å². The third-order valence-electron chi connectivity index (χ3n) is 5.15. The molecule has 2 saturated carbocycles. The molecule has 2 bridgehead atoms. The van der Waals surface area contributed by atoms with E-state index < -0.39 is 22.1 Å². The van der Waals surface area contributed by atoms with Gasteiger partial charge in [0, 0.05) is 11.6 Å². The predicted molar refractivity (Wildman–Crippen MR) is 72.3 cm³/mol. The molecule has 0 aliphatic heterocycles. The number of nitrogens with zero attached hydrogens (tertiary/aromatic N) is 1. The zero-order valence-corrected chi connectivity index (χ0v) is 11.4. The average Bonchev–Trinajstić information content (AvgIpc) is 2.99. The van der Waals surface area contributed by atoms with Crippen LogP contribution in [0, 0.1) is 33.2 Å². The van der Waals surface area contributed by atoms with Crippen LogP contribution in [0.4, 0.5) is 10.1 Å². The van der Waals surface area contributed by atoms with Gasteiger partial charge in [-0.15, -0.1) is 0 Å². The summed E-state index contributed by atoms with van der Waals surface area (Å²) in [6, 6.07) is 3.26. The van der Waals surface area contributed by atoms with Gasteiger partial charge >= 0.3 is 5.97 Å². The highest BCUT2D eigenvalue weighted by Crippen LogP contribution is 2.57. The first kappa shape index (κ1) is 14.0. The number of benzene rings is 1. The summed E-state index contributed by atoms with van der Waals surface area (Å²) < 4.78 is 13.4. The molecule has 1 N–H and O–H groups in total. The predicted octanol–water partition coefficient (Wildman–Crippen LogP) is 3.17. The van der Waals surface area contributed by atoms with Crippen molar-refractivity contribution in [1.82, 2.24) is 0 Å². The number of rotatable bonds is 4. The summed E-state index contributed by atoms with van der Waals surface area (Å²) in [4.78, 5) is 22.3. The molecule has 3 atom stereocenters. The summed E-state index contributed by atoms with van der Waals surface area (Å²) in [5.41, 5.74) is -0.976. The summed E-state index contributed by atoms with van der Waals surface area (Å²) in [6.07, 6.45) is 3.33. The summed E-state index contributed by atoms with van der Waals surface area (Å²) >= 11 is 0. The van der Waals surface area contributed by atoms with Crippen LogP contribution in [-0.4, -0.2) is 16.0 Å². The van der Waals surface area contributed by atoms with Crippen LogP contribution >= 0.6 is 0 Å². The first-order chi connectivity index (χ1) is 9.92. The van der Waals surface area contributed by atoms with Gasteiger partial charge in [-0.25, -0.2) is 4.39 Å². The first-order valence-electron chi connectivity index (χ1n) is 7.08. The van der Waals surface area contributed by atoms with Gasteiger partial charge in [-0.1, -0.05) is 6.42 Å². The lowest BCUT2D eigenvalue weighted by Crippen LogP contribution is -2.38. The molecule has 3 unspecified atom stereocenters. The van der Waals surface area contributed by atoms with E-state index in [2.05, 4.69) is 0 Å². The zero-order chi connectivity index (χ0) is 15.2. The summed E-state index contributed by atoms with van der Waals surface area (Å²) in [6.45, 7) is 0. The molecular formula is C15H16FNO4. The van der Waals surface area contributed by atoms with Gasteiger partial charge in [-0.3, -0.25) is 14.9 Å². The van der Waals surface area contributed by atoms with Crippen LogP contribution in [0.15, 0.2) is 18.2 Å². The number of carboxylic acids is 1. The van der Waals surface area contributed by atoms with Crippen molar-refractivity contribution in [3.05, 3.63) is 39.7 Å². The highest BCUT2D eigenvalue weighted by atomic mass is 19.1. The molecule has 1 aromatic carbocycles. The molecule has 3 rings (SSSR count). The smallest absolute Gasteiger partial charge is 0.310 e. The lowest BCUT2D eigenvalue weighted by Gasteiger charge is -2.33. The van der Waals surface area contributed by atoms with E-state index in [-0.39, 0.29) is 23.6 Å². The van der Waals surface area contributed by atoms with E-state index in [1.54, 1.807) is 0 Å². The van der Waals surface area contributed by atoms with Crippen molar-refractivity contribution >= 4 is 11.7 Å². The molecule has 0 radical (unpaired) electrons. The monoisotopic (exact) mass is 293 g/mol. The molecule has 112 valence electrons. The number of carbonyl (C=O) groups is 1. The molecule has 0 saturated heterocycles. The Hall–Kier alpha value is -1.98. The largest absolute Gasteiger partial charge is 0.481 e. The Morgan fingerprint density at radius 1 is 1.48 bits per heavy atom. The Morgan fingerprint density at radius 3 is 2.76 bits per heavy atom. The zero-order valence-electron chi connectivity index (χ0n) is 11.4. The number of aliphatic carboxylic acids is 1. The van der Waals surface area contributed by atoms with Gasteiger partial charge in [0.2, 0.25) is 0 Å². The van der Waals surface area contributed by atoms with Gasteiger partial charge in [0.15, 0.2) is 0 Å². The van der Waals surface area contributed by atoms with Crippen LogP contribution < -0.4 is 0 Å². The second kappa shape index (κ2) is 4.79. The topological polar surface area (TPSA) is 80.4 Å². The van der Waals surface area contributed by atoms with Crippen LogP contribution in [0.1, 0.15) is 31.2 Å².